The SMILES string of the molecule is C/N=C/[C@H]1CC(F)(F)CN1C(=O)CNC(=O)c1ccnc2ccc(OCCCCN3CCN(C(=O)CN4C(=O)CC(SC[C@H](CCCCNC(=O)CCCc5ccc(C)cc5)NC(=O)CN5CCN(CC(=O)O)CCN(CC(=O)O)CCN(CC(=O)O)CC5)C4=O)CC3)cc12. The summed E-state index contributed by atoms with van der Waals surface area (Å²) in [4.78, 5) is 150. The van der Waals surface area contributed by atoms with Gasteiger partial charge >= 0.3 is 17.9 Å². The standard InChI is InChI=1S/C65H91F2N13O14S/c1-46-11-13-47(14-12-46)8-7-10-55(81)70-18-4-3-9-48(72-56(82)39-74-21-23-75(41-60(86)87)25-27-77(43-62(90)91)28-26-76(24-22-74)42-61(88)89)44-95-54-35-57(83)79(64(54)93)40-59(85)78-31-29-73(30-32-78)20-5-6-33-94-50-15-16-53-52(34-50)51(17-19-69-53)63(92)71-38-58(84)80-45-65(66,67)36-49(80)37-68-2/h11-17,19,34,37,48-49,54H,3-10,18,20-33,35-36,38-45H2,1-2H3,(H,70,81)(H,71,92)(H,72,82)(H,86,87)(H,88,89)(H,90,91)/b68-37+/t48-,49+,54?/m0/s1. The highest BCUT2D eigenvalue weighted by atomic mass is 32.2. The molecule has 1 unspecified atom stereocenters. The van der Waals surface area contributed by atoms with E-state index in [1.165, 1.54) is 37.3 Å². The van der Waals surface area contributed by atoms with E-state index in [9.17, 15) is 72.0 Å². The molecule has 1 aromatic heterocycles. The van der Waals surface area contributed by atoms with Crippen LogP contribution in [0, 0.1) is 6.92 Å². The first-order chi connectivity index (χ1) is 45.5. The summed E-state index contributed by atoms with van der Waals surface area (Å²) in [5, 5.41) is 37.3. The zero-order chi connectivity index (χ0) is 68.4. The Balaban J connectivity index is 0.865. The van der Waals surface area contributed by atoms with Gasteiger partial charge in [-0.05, 0) is 88.2 Å². The Labute approximate surface area is 556 Å². The lowest BCUT2D eigenvalue weighted by Crippen LogP contribution is -2.52. The molecule has 30 heteroatoms. The summed E-state index contributed by atoms with van der Waals surface area (Å²) >= 11 is 1.22. The van der Waals surface area contributed by atoms with Gasteiger partial charge in [0.2, 0.25) is 35.4 Å². The molecular formula is C65H91F2N13O14S. The molecule has 0 bridgehead atoms. The molecule has 4 saturated heterocycles. The van der Waals surface area contributed by atoms with Crippen LogP contribution < -0.4 is 20.7 Å². The summed E-state index contributed by atoms with van der Waals surface area (Å²) in [7, 11) is 1.44. The monoisotopic (exact) mass is 1350 g/mol. The van der Waals surface area contributed by atoms with Gasteiger partial charge in [-0.2, -0.15) is 0 Å². The molecule has 6 N–H and O–H groups in total. The van der Waals surface area contributed by atoms with Gasteiger partial charge in [0.05, 0.1) is 68.2 Å². The van der Waals surface area contributed by atoms with Crippen molar-refractivity contribution in [3.8, 4) is 5.75 Å². The number of piperazine rings is 1. The molecule has 95 heavy (non-hydrogen) atoms. The smallest absolute Gasteiger partial charge is 0.317 e. The average molecular weight is 1350 g/mol. The van der Waals surface area contributed by atoms with E-state index < -0.39 is 90.8 Å². The number of nitrogens with zero attached hydrogens (tertiary/aromatic N) is 10. The third-order valence-electron chi connectivity index (χ3n) is 17.2. The second-order valence-electron chi connectivity index (χ2n) is 24.6. The predicted octanol–water partition coefficient (Wildman–Crippen LogP) is 1.64. The van der Waals surface area contributed by atoms with Gasteiger partial charge in [0.15, 0.2) is 0 Å². The van der Waals surface area contributed by atoms with Gasteiger partial charge in [-0.3, -0.25) is 87.3 Å². The van der Waals surface area contributed by atoms with E-state index in [-0.39, 0.29) is 114 Å². The molecule has 0 radical (unpaired) electrons. The molecule has 0 aliphatic carbocycles. The number of carboxylic acid groups (broad SMARTS) is 3. The number of imide groups is 1. The Morgan fingerprint density at radius 2 is 1.35 bits per heavy atom. The number of rotatable bonds is 33. The number of aliphatic carboxylic acids is 3. The molecule has 0 saturated carbocycles. The van der Waals surface area contributed by atoms with Gasteiger partial charge in [-0.15, -0.1) is 11.8 Å². The van der Waals surface area contributed by atoms with Gasteiger partial charge in [0.25, 0.3) is 11.8 Å². The average Bonchev–Trinajstić information content (AvgIpc) is 1.54. The number of nitrogens with one attached hydrogen (secondary N) is 3. The highest BCUT2D eigenvalue weighted by Gasteiger charge is 2.46. The predicted molar refractivity (Wildman–Crippen MR) is 350 cm³/mol. The Bertz CT molecular complexity index is 3130. The number of benzene rings is 2. The highest BCUT2D eigenvalue weighted by Crippen LogP contribution is 2.32. The topological polar surface area (TPSA) is 328 Å². The normalized spacial score (nSPS) is 19.3. The minimum Gasteiger partial charge on any atom is -0.494 e. The molecule has 3 aromatic rings. The number of thioether (sulfide) groups is 1. The van der Waals surface area contributed by atoms with Crippen LogP contribution in [0.4, 0.5) is 8.78 Å². The van der Waals surface area contributed by atoms with Crippen LogP contribution in [0.1, 0.15) is 79.3 Å². The Hall–Kier alpha value is -7.77. The third kappa shape index (κ3) is 25.1. The zero-order valence-electron chi connectivity index (χ0n) is 54.3. The quantitative estimate of drug-likeness (QED) is 0.0287. The molecule has 7 rings (SSSR count). The van der Waals surface area contributed by atoms with Gasteiger partial charge in [-0.25, -0.2) is 8.78 Å². The van der Waals surface area contributed by atoms with E-state index in [1.807, 2.05) is 24.0 Å². The molecule has 4 fully saturated rings. The number of carbonyl (C=O) groups is 10. The summed E-state index contributed by atoms with van der Waals surface area (Å²) in [5.41, 5.74) is 3.07. The number of ether oxygens (including phenoxy) is 1. The fraction of sp³-hybridized carbons (Fsp3) is 0.600. The summed E-state index contributed by atoms with van der Waals surface area (Å²) in [6.07, 6.45) is 7.03. The number of fused-ring (bicyclic) bond motifs is 1. The number of hydrogen-bond acceptors (Lipinski definition) is 19. The van der Waals surface area contributed by atoms with Crippen LogP contribution in [0.5, 0.6) is 5.75 Å². The van der Waals surface area contributed by atoms with Gasteiger partial charge in [0.1, 0.15) is 12.3 Å². The number of unbranched alkanes of at least 4 members (excludes halogenated alkanes) is 2. The van der Waals surface area contributed by atoms with Crippen LogP contribution in [-0.2, 0) is 49.6 Å². The van der Waals surface area contributed by atoms with Crippen LogP contribution in [0.2, 0.25) is 0 Å². The first-order valence-corrected chi connectivity index (χ1v) is 33.6. The number of alkyl halides is 2. The Morgan fingerprint density at radius 1 is 0.726 bits per heavy atom. The van der Waals surface area contributed by atoms with Crippen molar-refractivity contribution < 1.29 is 76.8 Å². The molecule has 2 aromatic carbocycles. The zero-order valence-corrected chi connectivity index (χ0v) is 55.1. The van der Waals surface area contributed by atoms with Crippen LogP contribution in [0.3, 0.4) is 0 Å². The fourth-order valence-corrected chi connectivity index (χ4v) is 13.2. The number of carbonyl (C=O) groups excluding carboxylic acids is 7. The lowest BCUT2D eigenvalue weighted by atomic mass is 10.1. The maximum absolute atomic E-state index is 14.1. The van der Waals surface area contributed by atoms with Crippen molar-refractivity contribution in [2.75, 3.05) is 157 Å². The van der Waals surface area contributed by atoms with Gasteiger partial charge in [-0.1, -0.05) is 29.8 Å². The second kappa shape index (κ2) is 37.5. The number of aliphatic imine (C=N–C) groups is 1. The Kier molecular flexibility index (Phi) is 29.5. The first-order valence-electron chi connectivity index (χ1n) is 32.5. The number of aromatic nitrogens is 1. The minimum atomic E-state index is -3.06. The number of halogens is 2. The van der Waals surface area contributed by atoms with Crippen molar-refractivity contribution in [1.29, 1.82) is 0 Å². The van der Waals surface area contributed by atoms with Crippen molar-refractivity contribution >= 4 is 88.1 Å². The van der Waals surface area contributed by atoms with E-state index in [0.717, 1.165) is 40.3 Å². The number of likely N-dealkylation sites (tertiary alicyclic amines) is 2. The van der Waals surface area contributed by atoms with E-state index in [2.05, 4.69) is 43.0 Å². The van der Waals surface area contributed by atoms with E-state index in [4.69, 9.17) is 4.74 Å². The number of aryl methyl sites for hydroxylation is 2. The van der Waals surface area contributed by atoms with Crippen molar-refractivity contribution in [2.45, 2.75) is 94.4 Å². The molecule has 0 spiro atoms. The van der Waals surface area contributed by atoms with Crippen molar-refractivity contribution in [3.05, 3.63) is 71.4 Å². The van der Waals surface area contributed by atoms with Crippen LogP contribution in [0.15, 0.2) is 59.7 Å². The molecule has 3 atom stereocenters. The molecular weight excluding hydrogens is 1260 g/mol. The summed E-state index contributed by atoms with van der Waals surface area (Å²) in [6.45, 7) is 4.51. The van der Waals surface area contributed by atoms with Crippen LogP contribution >= 0.6 is 11.8 Å². The van der Waals surface area contributed by atoms with Gasteiger partial charge < -0.3 is 45.8 Å². The molecule has 4 aliphatic heterocycles. The van der Waals surface area contributed by atoms with E-state index in [0.29, 0.717) is 94.5 Å². The first kappa shape index (κ1) is 74.6. The number of pyridine rings is 1. The number of amides is 7. The molecule has 27 nitrogen and oxygen atoms in total. The number of hydrogen-bond donors (Lipinski definition) is 6. The van der Waals surface area contributed by atoms with Crippen molar-refractivity contribution in [3.63, 3.8) is 0 Å². The largest absolute Gasteiger partial charge is 0.494 e. The van der Waals surface area contributed by atoms with E-state index >= 15 is 0 Å². The third-order valence-corrected chi connectivity index (χ3v) is 18.6. The van der Waals surface area contributed by atoms with Crippen molar-refractivity contribution in [2.24, 2.45) is 4.99 Å². The second-order valence-corrected chi connectivity index (χ2v) is 25.9. The molecule has 520 valence electrons. The summed E-state index contributed by atoms with van der Waals surface area (Å²) in [5.74, 6) is -8.52. The fourth-order valence-electron chi connectivity index (χ4n) is 12.0. The maximum Gasteiger partial charge on any atom is 0.317 e. The lowest BCUT2D eigenvalue weighted by molar-refractivity contribution is -0.146. The van der Waals surface area contributed by atoms with Crippen LogP contribution in [-0.4, -0.2) is 305 Å². The number of carboxylic acids is 3. The van der Waals surface area contributed by atoms with Crippen molar-refractivity contribution in [1.82, 2.24) is 60.1 Å². The van der Waals surface area contributed by atoms with Gasteiger partial charge in [0, 0.05) is 141 Å². The highest BCUT2D eigenvalue weighted by molar-refractivity contribution is 8.00. The van der Waals surface area contributed by atoms with Crippen LogP contribution in [0.25, 0.3) is 10.9 Å². The summed E-state index contributed by atoms with van der Waals surface area (Å²) < 4.78 is 34.4. The molecule has 7 amide bonds. The molecule has 5 heterocycles. The molecule has 4 aliphatic rings. The maximum atomic E-state index is 14.1. The Morgan fingerprint density at radius 3 is 1.97 bits per heavy atom. The minimum absolute atomic E-state index is 0.0657. The lowest BCUT2D eigenvalue weighted by Gasteiger charge is -2.35. The summed E-state index contributed by atoms with van der Waals surface area (Å²) in [6, 6.07) is 13.5. The van der Waals surface area contributed by atoms with E-state index in [1.54, 1.807) is 37.8 Å².